The minimum absolute atomic E-state index is 0.0463. The summed E-state index contributed by atoms with van der Waals surface area (Å²) in [4.78, 5) is 27.7. The molecule has 1 aromatic rings. The van der Waals surface area contributed by atoms with Gasteiger partial charge < -0.3 is 14.7 Å². The molecule has 0 bridgehead atoms. The molecular formula is C17H22N2O4. The van der Waals surface area contributed by atoms with Crippen LogP contribution in [0, 0.1) is 0 Å². The van der Waals surface area contributed by atoms with Crippen LogP contribution in [0.2, 0.25) is 0 Å². The number of nitrogens with zero attached hydrogens (tertiary/aromatic N) is 2. The number of hydrogen-bond acceptors (Lipinski definition) is 4. The number of likely N-dealkylation sites (tertiary alicyclic amines) is 1. The highest BCUT2D eigenvalue weighted by atomic mass is 16.5. The van der Waals surface area contributed by atoms with Gasteiger partial charge in [-0.1, -0.05) is 12.1 Å². The van der Waals surface area contributed by atoms with Gasteiger partial charge in [0.05, 0.1) is 30.7 Å². The third-order valence-corrected chi connectivity index (χ3v) is 4.74. The van der Waals surface area contributed by atoms with Gasteiger partial charge in [0.1, 0.15) is 0 Å². The molecule has 2 saturated heterocycles. The second kappa shape index (κ2) is 6.68. The van der Waals surface area contributed by atoms with Crippen LogP contribution in [0.5, 0.6) is 0 Å². The monoisotopic (exact) mass is 318 g/mol. The summed E-state index contributed by atoms with van der Waals surface area (Å²) in [5.74, 6) is -0.925. The molecule has 2 unspecified atom stereocenters. The van der Waals surface area contributed by atoms with E-state index in [-0.39, 0.29) is 30.0 Å². The smallest absolute Gasteiger partial charge is 0.335 e. The second-order valence-corrected chi connectivity index (χ2v) is 6.27. The molecule has 2 fully saturated rings. The second-order valence-electron chi connectivity index (χ2n) is 6.27. The highest BCUT2D eigenvalue weighted by Gasteiger charge is 2.36. The van der Waals surface area contributed by atoms with Crippen LogP contribution in [0.1, 0.15) is 22.3 Å². The Hall–Kier alpha value is -1.92. The molecule has 0 spiro atoms. The molecule has 6 heteroatoms. The molecule has 2 aliphatic rings. The molecule has 2 aliphatic heterocycles. The van der Waals surface area contributed by atoms with Gasteiger partial charge in [0, 0.05) is 19.6 Å². The Bertz CT molecular complexity index is 604. The first-order valence-corrected chi connectivity index (χ1v) is 7.96. The Labute approximate surface area is 135 Å². The third-order valence-electron chi connectivity index (χ3n) is 4.74. The van der Waals surface area contributed by atoms with Gasteiger partial charge in [-0.25, -0.2) is 4.79 Å². The molecule has 2 atom stereocenters. The fourth-order valence-electron chi connectivity index (χ4n) is 3.37. The van der Waals surface area contributed by atoms with Crippen LogP contribution in [0.15, 0.2) is 24.3 Å². The summed E-state index contributed by atoms with van der Waals surface area (Å²) < 4.78 is 5.80. The molecule has 0 aliphatic carbocycles. The quantitative estimate of drug-likeness (QED) is 0.895. The van der Waals surface area contributed by atoms with E-state index in [9.17, 15) is 9.59 Å². The van der Waals surface area contributed by atoms with Gasteiger partial charge in [-0.15, -0.1) is 0 Å². The van der Waals surface area contributed by atoms with Crippen LogP contribution in [-0.4, -0.2) is 72.2 Å². The van der Waals surface area contributed by atoms with Gasteiger partial charge in [-0.2, -0.15) is 0 Å². The summed E-state index contributed by atoms with van der Waals surface area (Å²) >= 11 is 0. The van der Waals surface area contributed by atoms with E-state index in [4.69, 9.17) is 9.84 Å². The molecule has 3 rings (SSSR count). The van der Waals surface area contributed by atoms with Gasteiger partial charge in [0.25, 0.3) is 0 Å². The fraction of sp³-hybridized carbons (Fsp3) is 0.529. The number of piperidine rings is 1. The lowest BCUT2D eigenvalue weighted by molar-refractivity contribution is -0.140. The average molecular weight is 318 g/mol. The molecule has 0 aromatic heterocycles. The zero-order valence-corrected chi connectivity index (χ0v) is 13.3. The van der Waals surface area contributed by atoms with E-state index < -0.39 is 5.97 Å². The highest BCUT2D eigenvalue weighted by Crippen LogP contribution is 2.22. The predicted octanol–water partition coefficient (Wildman–Crippen LogP) is 0.859. The largest absolute Gasteiger partial charge is 0.478 e. The maximum absolute atomic E-state index is 12.5. The van der Waals surface area contributed by atoms with Crippen molar-refractivity contribution in [1.29, 1.82) is 0 Å². The van der Waals surface area contributed by atoms with E-state index in [1.165, 1.54) is 6.07 Å². The van der Waals surface area contributed by atoms with Crippen molar-refractivity contribution in [2.24, 2.45) is 0 Å². The topological polar surface area (TPSA) is 70.1 Å². The van der Waals surface area contributed by atoms with E-state index in [1.54, 1.807) is 18.2 Å². The molecule has 6 nitrogen and oxygen atoms in total. The molecule has 0 saturated carbocycles. The number of likely N-dealkylation sites (N-methyl/N-ethyl adjacent to an activating group) is 1. The Morgan fingerprint density at radius 3 is 2.96 bits per heavy atom. The predicted molar refractivity (Wildman–Crippen MR) is 84.5 cm³/mol. The lowest BCUT2D eigenvalue weighted by atomic mass is 9.98. The Morgan fingerprint density at radius 1 is 1.35 bits per heavy atom. The van der Waals surface area contributed by atoms with Crippen LogP contribution in [0.4, 0.5) is 0 Å². The summed E-state index contributed by atoms with van der Waals surface area (Å²) in [5.41, 5.74) is 0.958. The lowest BCUT2D eigenvalue weighted by Gasteiger charge is -2.45. The van der Waals surface area contributed by atoms with Crippen LogP contribution in [0.3, 0.4) is 0 Å². The number of carboxylic acid groups (broad SMARTS) is 1. The number of hydrogen-bond donors (Lipinski definition) is 1. The van der Waals surface area contributed by atoms with Gasteiger partial charge >= 0.3 is 5.97 Å². The number of amides is 1. The molecule has 23 heavy (non-hydrogen) atoms. The van der Waals surface area contributed by atoms with E-state index in [0.29, 0.717) is 13.1 Å². The number of carbonyl (C=O) groups is 2. The summed E-state index contributed by atoms with van der Waals surface area (Å²) in [6.45, 7) is 3.03. The van der Waals surface area contributed by atoms with Crippen molar-refractivity contribution in [3.05, 3.63) is 35.4 Å². The lowest BCUT2D eigenvalue weighted by Crippen LogP contribution is -2.59. The molecular weight excluding hydrogens is 296 g/mol. The Morgan fingerprint density at radius 2 is 2.17 bits per heavy atom. The minimum Gasteiger partial charge on any atom is -0.478 e. The molecule has 1 amide bonds. The molecule has 1 aromatic carbocycles. The SMILES string of the molecule is CN1CCOC2CCN(C(=O)Cc3cccc(C(=O)O)c3)CC21. The van der Waals surface area contributed by atoms with Crippen molar-refractivity contribution in [3.63, 3.8) is 0 Å². The molecule has 124 valence electrons. The van der Waals surface area contributed by atoms with Gasteiger partial charge in [-0.3, -0.25) is 9.69 Å². The number of fused-ring (bicyclic) bond motifs is 1. The number of aromatic carboxylic acids is 1. The average Bonchev–Trinajstić information content (AvgIpc) is 2.55. The summed E-state index contributed by atoms with van der Waals surface area (Å²) in [6.07, 6.45) is 1.31. The number of rotatable bonds is 3. The summed E-state index contributed by atoms with van der Waals surface area (Å²) in [6, 6.07) is 6.85. The van der Waals surface area contributed by atoms with Crippen molar-refractivity contribution < 1.29 is 19.4 Å². The van der Waals surface area contributed by atoms with E-state index in [1.807, 2.05) is 4.90 Å². The van der Waals surface area contributed by atoms with Crippen molar-refractivity contribution in [2.45, 2.75) is 25.0 Å². The maximum Gasteiger partial charge on any atom is 0.335 e. The fourth-order valence-corrected chi connectivity index (χ4v) is 3.37. The van der Waals surface area contributed by atoms with Gasteiger partial charge in [-0.05, 0) is 31.2 Å². The van der Waals surface area contributed by atoms with Crippen molar-refractivity contribution in [2.75, 3.05) is 33.3 Å². The summed E-state index contributed by atoms with van der Waals surface area (Å²) in [5, 5.41) is 9.04. The molecule has 1 N–H and O–H groups in total. The summed E-state index contributed by atoms with van der Waals surface area (Å²) in [7, 11) is 2.07. The van der Waals surface area contributed by atoms with Crippen molar-refractivity contribution in [3.8, 4) is 0 Å². The van der Waals surface area contributed by atoms with Crippen LogP contribution in [-0.2, 0) is 16.0 Å². The first kappa shape index (κ1) is 16.0. The van der Waals surface area contributed by atoms with E-state index in [0.717, 1.165) is 25.1 Å². The van der Waals surface area contributed by atoms with Crippen LogP contribution in [0.25, 0.3) is 0 Å². The normalized spacial score (nSPS) is 25.0. The molecule has 2 heterocycles. The number of benzene rings is 1. The van der Waals surface area contributed by atoms with Crippen molar-refractivity contribution in [1.82, 2.24) is 9.80 Å². The standard InChI is InChI=1S/C17H22N2O4/c1-18-7-8-23-15-5-6-19(11-14(15)18)16(20)10-12-3-2-4-13(9-12)17(21)22/h2-4,9,14-15H,5-8,10-11H2,1H3,(H,21,22). The molecule has 0 radical (unpaired) electrons. The number of carbonyl (C=O) groups excluding carboxylic acids is 1. The first-order chi connectivity index (χ1) is 11.0. The Balaban J connectivity index is 1.64. The van der Waals surface area contributed by atoms with Crippen LogP contribution < -0.4 is 0 Å². The number of carboxylic acids is 1. The van der Waals surface area contributed by atoms with Crippen molar-refractivity contribution >= 4 is 11.9 Å². The number of ether oxygens (including phenoxy) is 1. The zero-order valence-electron chi connectivity index (χ0n) is 13.3. The van der Waals surface area contributed by atoms with Gasteiger partial charge in [0.2, 0.25) is 5.91 Å². The van der Waals surface area contributed by atoms with Crippen LogP contribution >= 0.6 is 0 Å². The Kier molecular flexibility index (Phi) is 4.63. The zero-order chi connectivity index (χ0) is 16.4. The minimum atomic E-state index is -0.971. The van der Waals surface area contributed by atoms with Gasteiger partial charge in [0.15, 0.2) is 0 Å². The third kappa shape index (κ3) is 3.54. The van der Waals surface area contributed by atoms with E-state index in [2.05, 4.69) is 11.9 Å². The maximum atomic E-state index is 12.5. The number of morpholine rings is 1. The van der Waals surface area contributed by atoms with E-state index >= 15 is 0 Å². The first-order valence-electron chi connectivity index (χ1n) is 7.96. The highest BCUT2D eigenvalue weighted by molar-refractivity contribution is 5.88.